The Hall–Kier alpha value is -4.42. The molecule has 224 valence electrons. The summed E-state index contributed by atoms with van der Waals surface area (Å²) in [7, 11) is 2.00. The predicted molar refractivity (Wildman–Crippen MR) is 165 cm³/mol. The van der Waals surface area contributed by atoms with Crippen LogP contribution in [0.2, 0.25) is 0 Å². The molecule has 0 bridgehead atoms. The Morgan fingerprint density at radius 3 is 2.49 bits per heavy atom. The molecule has 3 aromatic rings. The number of carbonyl (C=O) groups excluding carboxylic acids is 3. The number of likely N-dealkylation sites (N-methyl/N-ethyl adjacent to an activating group) is 1. The predicted octanol–water partition coefficient (Wildman–Crippen LogP) is 3.23. The van der Waals surface area contributed by atoms with Crippen molar-refractivity contribution in [1.82, 2.24) is 30.8 Å². The number of nitrogens with one attached hydrogen (secondary N) is 4. The van der Waals surface area contributed by atoms with E-state index in [1.807, 2.05) is 61.6 Å². The van der Waals surface area contributed by atoms with Gasteiger partial charge in [-0.25, -0.2) is 4.98 Å². The first-order valence-corrected chi connectivity index (χ1v) is 15.2. The fraction of sp³-hybridized carbons (Fsp3) is 0.412. The average Bonchev–Trinajstić information content (AvgIpc) is 3.64. The van der Waals surface area contributed by atoms with Crippen molar-refractivity contribution < 1.29 is 14.4 Å². The van der Waals surface area contributed by atoms with Gasteiger partial charge in [0.15, 0.2) is 0 Å². The molecule has 2 heterocycles. The number of benzene rings is 2. The van der Waals surface area contributed by atoms with Gasteiger partial charge in [0.25, 0.3) is 0 Å². The summed E-state index contributed by atoms with van der Waals surface area (Å²) in [6.07, 6.45) is 7.89. The summed E-state index contributed by atoms with van der Waals surface area (Å²) in [5.41, 5.74) is 3.46. The van der Waals surface area contributed by atoms with Gasteiger partial charge in [0, 0.05) is 31.0 Å². The second kappa shape index (κ2) is 14.7. The lowest BCUT2D eigenvalue weighted by Gasteiger charge is -2.19. The molecule has 0 spiro atoms. The van der Waals surface area contributed by atoms with Crippen LogP contribution in [0.25, 0.3) is 0 Å². The number of rotatable bonds is 12. The topological polar surface area (TPSA) is 119 Å². The Kier molecular flexibility index (Phi) is 10.2. The largest absolute Gasteiger partial charge is 0.354 e. The molecule has 1 aliphatic heterocycles. The van der Waals surface area contributed by atoms with Crippen LogP contribution in [0.3, 0.4) is 0 Å². The molecular formula is C34H40N6O3. The Bertz CT molecular complexity index is 1450. The molecular weight excluding hydrogens is 540 g/mol. The molecule has 2 fully saturated rings. The van der Waals surface area contributed by atoms with Crippen LogP contribution in [0.4, 0.5) is 0 Å². The van der Waals surface area contributed by atoms with E-state index in [1.54, 1.807) is 6.20 Å². The number of imidazole rings is 1. The van der Waals surface area contributed by atoms with Crippen molar-refractivity contribution in [3.63, 3.8) is 0 Å². The maximum Gasteiger partial charge on any atom is 0.247 e. The van der Waals surface area contributed by atoms with Crippen LogP contribution >= 0.6 is 0 Å². The number of nitrogens with zero attached hydrogens (tertiary/aromatic N) is 2. The van der Waals surface area contributed by atoms with E-state index < -0.39 is 6.04 Å². The Morgan fingerprint density at radius 2 is 1.77 bits per heavy atom. The first kappa shape index (κ1) is 30.1. The zero-order valence-electron chi connectivity index (χ0n) is 24.7. The number of hydrogen-bond donors (Lipinski definition) is 4. The van der Waals surface area contributed by atoms with E-state index in [0.29, 0.717) is 13.1 Å². The number of aromatic nitrogens is 2. The van der Waals surface area contributed by atoms with Crippen molar-refractivity contribution in [2.45, 2.75) is 63.6 Å². The van der Waals surface area contributed by atoms with Crippen molar-refractivity contribution in [3.05, 3.63) is 89.0 Å². The van der Waals surface area contributed by atoms with Gasteiger partial charge in [-0.15, -0.1) is 0 Å². The lowest BCUT2D eigenvalue weighted by atomic mass is 10.1. The molecule has 4 N–H and O–H groups in total. The highest BCUT2D eigenvalue weighted by molar-refractivity contribution is 5.90. The van der Waals surface area contributed by atoms with Gasteiger partial charge in [-0.1, -0.05) is 48.4 Å². The zero-order chi connectivity index (χ0) is 30.0. The zero-order valence-corrected chi connectivity index (χ0v) is 24.7. The third kappa shape index (κ3) is 8.79. The summed E-state index contributed by atoms with van der Waals surface area (Å²) in [6.45, 7) is 2.00. The molecule has 2 atom stereocenters. The third-order valence-corrected chi connectivity index (χ3v) is 7.98. The maximum absolute atomic E-state index is 12.9. The van der Waals surface area contributed by atoms with Crippen LogP contribution in [0, 0.1) is 17.8 Å². The molecule has 2 unspecified atom stereocenters. The number of aryl methyl sites for hydroxylation is 1. The fourth-order valence-electron chi connectivity index (χ4n) is 5.23. The summed E-state index contributed by atoms with van der Waals surface area (Å²) in [4.78, 5) is 47.5. The van der Waals surface area contributed by atoms with Gasteiger partial charge >= 0.3 is 0 Å². The second-order valence-electron chi connectivity index (χ2n) is 11.4. The molecule has 1 aliphatic carbocycles. The van der Waals surface area contributed by atoms with Gasteiger partial charge in [0.05, 0.1) is 12.2 Å². The Morgan fingerprint density at radius 1 is 0.977 bits per heavy atom. The summed E-state index contributed by atoms with van der Waals surface area (Å²) in [5.74, 6) is 7.04. The lowest BCUT2D eigenvalue weighted by Crippen LogP contribution is -2.41. The maximum atomic E-state index is 12.9. The average molecular weight is 581 g/mol. The minimum absolute atomic E-state index is 0.0186. The van der Waals surface area contributed by atoms with E-state index in [4.69, 9.17) is 0 Å². The number of unbranched alkanes of at least 4 members (excludes halogenated alkanes) is 1. The summed E-state index contributed by atoms with van der Waals surface area (Å²) < 4.78 is 0. The SMILES string of the molecule is CN1CCCC1C(=O)NCc1ccc(C#Cc2cnc(CCCCNC(=O)C(NC(=O)C3CC3)c3ccccc3)[nH]2)cc1. The molecule has 5 rings (SSSR count). The molecule has 9 nitrogen and oxygen atoms in total. The van der Waals surface area contributed by atoms with Crippen LogP contribution in [0.15, 0.2) is 60.8 Å². The highest BCUT2D eigenvalue weighted by Crippen LogP contribution is 2.30. The van der Waals surface area contributed by atoms with E-state index in [1.165, 1.54) is 0 Å². The minimum atomic E-state index is -0.679. The highest BCUT2D eigenvalue weighted by Gasteiger charge is 2.33. The van der Waals surface area contributed by atoms with Crippen LogP contribution in [-0.2, 0) is 27.3 Å². The van der Waals surface area contributed by atoms with E-state index in [-0.39, 0.29) is 29.7 Å². The Balaban J connectivity index is 1.02. The molecule has 3 amide bonds. The van der Waals surface area contributed by atoms with Crippen molar-refractivity contribution in [3.8, 4) is 11.8 Å². The molecule has 2 aliphatic rings. The van der Waals surface area contributed by atoms with Gasteiger partial charge in [-0.3, -0.25) is 19.3 Å². The molecule has 1 aromatic heterocycles. The van der Waals surface area contributed by atoms with Gasteiger partial charge < -0.3 is 20.9 Å². The van der Waals surface area contributed by atoms with Gasteiger partial charge in [0.1, 0.15) is 17.6 Å². The van der Waals surface area contributed by atoms with E-state index >= 15 is 0 Å². The van der Waals surface area contributed by atoms with E-state index in [9.17, 15) is 14.4 Å². The second-order valence-corrected chi connectivity index (χ2v) is 11.4. The van der Waals surface area contributed by atoms with Gasteiger partial charge in [0.2, 0.25) is 17.7 Å². The summed E-state index contributed by atoms with van der Waals surface area (Å²) in [6, 6.07) is 16.6. The van der Waals surface area contributed by atoms with Gasteiger partial charge in [-0.05, 0) is 81.3 Å². The number of hydrogen-bond acceptors (Lipinski definition) is 5. The number of likely N-dealkylation sites (tertiary alicyclic amines) is 1. The van der Waals surface area contributed by atoms with Crippen LogP contribution < -0.4 is 16.0 Å². The number of amides is 3. The number of H-pyrrole nitrogens is 1. The van der Waals surface area contributed by atoms with Crippen molar-refractivity contribution in [2.24, 2.45) is 5.92 Å². The highest BCUT2D eigenvalue weighted by atomic mass is 16.2. The molecule has 9 heteroatoms. The monoisotopic (exact) mass is 580 g/mol. The first-order valence-electron chi connectivity index (χ1n) is 15.2. The van der Waals surface area contributed by atoms with Crippen molar-refractivity contribution in [2.75, 3.05) is 20.1 Å². The fourth-order valence-corrected chi connectivity index (χ4v) is 5.23. The minimum Gasteiger partial charge on any atom is -0.354 e. The normalized spacial score (nSPS) is 17.0. The Labute approximate surface area is 253 Å². The van der Waals surface area contributed by atoms with Crippen LogP contribution in [0.1, 0.15) is 72.8 Å². The summed E-state index contributed by atoms with van der Waals surface area (Å²) in [5, 5.41) is 8.93. The smallest absolute Gasteiger partial charge is 0.247 e. The van der Waals surface area contributed by atoms with Gasteiger partial charge in [-0.2, -0.15) is 0 Å². The molecule has 2 aromatic carbocycles. The molecule has 1 saturated carbocycles. The molecule has 0 radical (unpaired) electrons. The van der Waals surface area contributed by atoms with Crippen LogP contribution in [0.5, 0.6) is 0 Å². The first-order chi connectivity index (χ1) is 21.0. The third-order valence-electron chi connectivity index (χ3n) is 7.98. The van der Waals surface area contributed by atoms with Crippen molar-refractivity contribution in [1.29, 1.82) is 0 Å². The quantitative estimate of drug-likeness (QED) is 0.194. The van der Waals surface area contributed by atoms with E-state index in [2.05, 4.69) is 42.7 Å². The molecule has 43 heavy (non-hydrogen) atoms. The lowest BCUT2D eigenvalue weighted by molar-refractivity contribution is -0.129. The number of aromatic amines is 1. The van der Waals surface area contributed by atoms with Crippen LogP contribution in [-0.4, -0.2) is 58.8 Å². The van der Waals surface area contributed by atoms with E-state index in [0.717, 1.165) is 79.7 Å². The standard InChI is InChI=1S/C34H40N6O3/c1-40-21-7-10-29(40)33(42)37-22-25-14-12-24(13-15-25)16-19-28-23-36-30(38-28)11-5-6-20-35-34(43)31(26-8-3-2-4-9-26)39-32(41)27-17-18-27/h2-4,8-9,12-15,23,27,29,31H,5-7,10-11,17-18,20-22H2,1H3,(H,35,43)(H,36,38)(H,37,42)(H,39,41). The summed E-state index contributed by atoms with van der Waals surface area (Å²) >= 11 is 0. The van der Waals surface area contributed by atoms with Crippen molar-refractivity contribution >= 4 is 17.7 Å². The number of carbonyl (C=O) groups is 3. The molecule has 1 saturated heterocycles.